The van der Waals surface area contributed by atoms with E-state index in [0.29, 0.717) is 5.69 Å². The maximum absolute atomic E-state index is 13.2. The number of anilines is 1. The summed E-state index contributed by atoms with van der Waals surface area (Å²) in [5.41, 5.74) is -0.286. The van der Waals surface area contributed by atoms with Gasteiger partial charge in [-0.3, -0.25) is 9.69 Å². The second-order valence-corrected chi connectivity index (χ2v) is 5.47. The summed E-state index contributed by atoms with van der Waals surface area (Å²) in [6.45, 7) is 4.82. The normalized spacial score (nSPS) is 11.1. The van der Waals surface area contributed by atoms with Gasteiger partial charge in [-0.25, -0.2) is 9.18 Å². The molecule has 0 heterocycles. The number of halogens is 1. The van der Waals surface area contributed by atoms with Crippen molar-refractivity contribution in [2.24, 2.45) is 0 Å². The van der Waals surface area contributed by atoms with Crippen LogP contribution in [0.2, 0.25) is 0 Å². The zero-order valence-corrected chi connectivity index (χ0v) is 12.1. The number of carboxylic acids is 1. The summed E-state index contributed by atoms with van der Waals surface area (Å²) in [6.07, 6.45) is 0. The molecule has 1 N–H and O–H groups in total. The molecule has 0 bridgehead atoms. The minimum absolute atomic E-state index is 0.370. The number of aliphatic carboxylic acids is 1. The van der Waals surface area contributed by atoms with Crippen LogP contribution >= 0.6 is 0 Å². The molecule has 0 saturated carbocycles. The van der Waals surface area contributed by atoms with Crippen LogP contribution in [0.15, 0.2) is 24.3 Å². The zero-order chi connectivity index (χ0) is 15.5. The van der Waals surface area contributed by atoms with Gasteiger partial charge in [0.05, 0.1) is 0 Å². The van der Waals surface area contributed by atoms with Crippen molar-refractivity contribution in [3.8, 4) is 0 Å². The number of rotatable bonds is 3. The van der Waals surface area contributed by atoms with Gasteiger partial charge in [-0.2, -0.15) is 0 Å². The second kappa shape index (κ2) is 5.90. The number of hydrogen-bond acceptors (Lipinski definition) is 2. The molecule has 2 amide bonds. The Balaban J connectivity index is 3.03. The summed E-state index contributed by atoms with van der Waals surface area (Å²) in [5, 5.41) is 8.92. The van der Waals surface area contributed by atoms with Crippen LogP contribution in [-0.4, -0.2) is 41.1 Å². The van der Waals surface area contributed by atoms with Crippen LogP contribution in [0.1, 0.15) is 20.8 Å². The van der Waals surface area contributed by atoms with Gasteiger partial charge in [0.2, 0.25) is 0 Å². The quantitative estimate of drug-likeness (QED) is 0.926. The van der Waals surface area contributed by atoms with E-state index in [2.05, 4.69) is 0 Å². The highest BCUT2D eigenvalue weighted by atomic mass is 19.1. The molecular weight excluding hydrogens is 263 g/mol. The average Bonchev–Trinajstić information content (AvgIpc) is 2.32. The first-order valence-electron chi connectivity index (χ1n) is 6.15. The number of amides is 2. The SMILES string of the molecule is CN(C(=O)N(CC(=O)O)C(C)(C)C)c1cccc(F)c1. The Morgan fingerprint density at radius 1 is 1.30 bits per heavy atom. The number of nitrogens with zero attached hydrogens (tertiary/aromatic N) is 2. The predicted octanol–water partition coefficient (Wildman–Crippen LogP) is 2.57. The van der Waals surface area contributed by atoms with E-state index in [1.165, 1.54) is 35.0 Å². The standard InChI is InChI=1S/C14H19FN2O3/c1-14(2,3)17(9-12(18)19)13(20)16(4)11-7-5-6-10(15)8-11/h5-8H,9H2,1-4H3,(H,18,19). The fraction of sp³-hybridized carbons (Fsp3) is 0.429. The van der Waals surface area contributed by atoms with Gasteiger partial charge in [-0.05, 0) is 39.0 Å². The van der Waals surface area contributed by atoms with Crippen molar-refractivity contribution in [2.45, 2.75) is 26.3 Å². The third kappa shape index (κ3) is 3.94. The van der Waals surface area contributed by atoms with Gasteiger partial charge in [0.25, 0.3) is 0 Å². The maximum atomic E-state index is 13.2. The van der Waals surface area contributed by atoms with E-state index < -0.39 is 29.9 Å². The van der Waals surface area contributed by atoms with Crippen LogP contribution < -0.4 is 4.90 Å². The molecule has 0 aliphatic rings. The lowest BCUT2D eigenvalue weighted by Gasteiger charge is -2.37. The van der Waals surface area contributed by atoms with Gasteiger partial charge in [0.1, 0.15) is 12.4 Å². The Labute approximate surface area is 117 Å². The van der Waals surface area contributed by atoms with Crippen molar-refractivity contribution in [3.63, 3.8) is 0 Å². The fourth-order valence-electron chi connectivity index (χ4n) is 1.70. The summed E-state index contributed by atoms with van der Waals surface area (Å²) < 4.78 is 13.2. The first kappa shape index (κ1) is 15.9. The lowest BCUT2D eigenvalue weighted by atomic mass is 10.1. The van der Waals surface area contributed by atoms with Gasteiger partial charge in [0, 0.05) is 18.3 Å². The van der Waals surface area contributed by atoms with Gasteiger partial charge < -0.3 is 10.0 Å². The minimum Gasteiger partial charge on any atom is -0.480 e. The van der Waals surface area contributed by atoms with Crippen LogP contribution in [0.5, 0.6) is 0 Å². The zero-order valence-electron chi connectivity index (χ0n) is 12.1. The van der Waals surface area contributed by atoms with Crippen molar-refractivity contribution >= 4 is 17.7 Å². The summed E-state index contributed by atoms with van der Waals surface area (Å²) in [5.74, 6) is -1.55. The molecular formula is C14H19FN2O3. The van der Waals surface area contributed by atoms with Gasteiger partial charge in [-0.1, -0.05) is 6.07 Å². The molecule has 0 atom stereocenters. The van der Waals surface area contributed by atoms with Crippen molar-refractivity contribution in [1.82, 2.24) is 4.90 Å². The number of carbonyl (C=O) groups is 2. The molecule has 110 valence electrons. The predicted molar refractivity (Wildman–Crippen MR) is 74.3 cm³/mol. The summed E-state index contributed by atoms with van der Waals surface area (Å²) >= 11 is 0. The summed E-state index contributed by atoms with van der Waals surface area (Å²) in [7, 11) is 1.48. The largest absolute Gasteiger partial charge is 0.480 e. The van der Waals surface area contributed by atoms with Crippen molar-refractivity contribution in [3.05, 3.63) is 30.1 Å². The van der Waals surface area contributed by atoms with Crippen LogP contribution in [0.3, 0.4) is 0 Å². The Morgan fingerprint density at radius 2 is 1.90 bits per heavy atom. The van der Waals surface area contributed by atoms with Crippen LogP contribution in [0, 0.1) is 5.82 Å². The number of hydrogen-bond donors (Lipinski definition) is 1. The first-order valence-corrected chi connectivity index (χ1v) is 6.15. The van der Waals surface area contributed by atoms with E-state index in [9.17, 15) is 14.0 Å². The molecule has 0 spiro atoms. The fourth-order valence-corrected chi connectivity index (χ4v) is 1.70. The van der Waals surface area contributed by atoms with Crippen molar-refractivity contribution in [2.75, 3.05) is 18.5 Å². The van der Waals surface area contributed by atoms with Crippen LogP contribution in [0.4, 0.5) is 14.9 Å². The highest BCUT2D eigenvalue weighted by Crippen LogP contribution is 2.20. The van der Waals surface area contributed by atoms with Crippen molar-refractivity contribution in [1.29, 1.82) is 0 Å². The van der Waals surface area contributed by atoms with E-state index in [1.807, 2.05) is 0 Å². The Kier molecular flexibility index (Phi) is 4.70. The molecule has 0 saturated heterocycles. The smallest absolute Gasteiger partial charge is 0.325 e. The molecule has 1 rings (SSSR count). The minimum atomic E-state index is -1.10. The average molecular weight is 282 g/mol. The Bertz CT molecular complexity index is 511. The lowest BCUT2D eigenvalue weighted by Crippen LogP contribution is -2.53. The topological polar surface area (TPSA) is 60.9 Å². The highest BCUT2D eigenvalue weighted by Gasteiger charge is 2.31. The molecule has 0 aromatic heterocycles. The van der Waals surface area contributed by atoms with Crippen LogP contribution in [0.25, 0.3) is 0 Å². The van der Waals surface area contributed by atoms with E-state index in [0.717, 1.165) is 0 Å². The molecule has 5 nitrogen and oxygen atoms in total. The molecule has 1 aromatic rings. The monoisotopic (exact) mass is 282 g/mol. The molecule has 0 aliphatic heterocycles. The first-order chi connectivity index (χ1) is 9.12. The molecule has 0 radical (unpaired) electrons. The third-order valence-electron chi connectivity index (χ3n) is 2.82. The lowest BCUT2D eigenvalue weighted by molar-refractivity contribution is -0.138. The molecule has 0 fully saturated rings. The van der Waals surface area contributed by atoms with E-state index in [4.69, 9.17) is 5.11 Å². The Hall–Kier alpha value is -2.11. The molecule has 1 aromatic carbocycles. The molecule has 0 aliphatic carbocycles. The number of carboxylic acid groups (broad SMARTS) is 1. The van der Waals surface area contributed by atoms with E-state index in [-0.39, 0.29) is 0 Å². The van der Waals surface area contributed by atoms with Gasteiger partial charge in [-0.15, -0.1) is 0 Å². The molecule has 20 heavy (non-hydrogen) atoms. The van der Waals surface area contributed by atoms with E-state index in [1.54, 1.807) is 26.8 Å². The van der Waals surface area contributed by atoms with Gasteiger partial charge in [0.15, 0.2) is 0 Å². The summed E-state index contributed by atoms with van der Waals surface area (Å²) in [4.78, 5) is 25.8. The summed E-state index contributed by atoms with van der Waals surface area (Å²) in [6, 6.07) is 5.08. The van der Waals surface area contributed by atoms with Crippen molar-refractivity contribution < 1.29 is 19.1 Å². The second-order valence-electron chi connectivity index (χ2n) is 5.47. The molecule has 0 unspecified atom stereocenters. The third-order valence-corrected chi connectivity index (χ3v) is 2.82. The number of carbonyl (C=O) groups excluding carboxylic acids is 1. The van der Waals surface area contributed by atoms with Gasteiger partial charge >= 0.3 is 12.0 Å². The number of benzene rings is 1. The van der Waals surface area contributed by atoms with Crippen LogP contribution in [-0.2, 0) is 4.79 Å². The highest BCUT2D eigenvalue weighted by molar-refractivity contribution is 5.93. The number of urea groups is 1. The maximum Gasteiger partial charge on any atom is 0.325 e. The molecule has 6 heteroatoms. The van der Waals surface area contributed by atoms with E-state index >= 15 is 0 Å². The Morgan fingerprint density at radius 3 is 2.35 bits per heavy atom.